The van der Waals surface area contributed by atoms with Crippen LogP contribution in [0.15, 0.2) is 54.6 Å². The van der Waals surface area contributed by atoms with E-state index in [-0.39, 0.29) is 17.7 Å². The predicted molar refractivity (Wildman–Crippen MR) is 115 cm³/mol. The maximum absolute atomic E-state index is 12.9. The number of piperidine rings is 1. The Morgan fingerprint density at radius 2 is 1.87 bits per heavy atom. The molecule has 1 aliphatic rings. The lowest BCUT2D eigenvalue weighted by Crippen LogP contribution is -2.51. The first kappa shape index (κ1) is 19.8. The molecule has 1 aliphatic heterocycles. The smallest absolute Gasteiger partial charge is 0.256 e. The fourth-order valence-corrected chi connectivity index (χ4v) is 4.13. The second-order valence-electron chi connectivity index (χ2n) is 7.67. The lowest BCUT2D eigenvalue weighted by atomic mass is 9.72. The third-order valence-corrected chi connectivity index (χ3v) is 5.85. The number of para-hydroxylation sites is 1. The number of imide groups is 1. The number of nitrogens with one attached hydrogen (secondary N) is 2. The molecule has 3 aromatic rings. The van der Waals surface area contributed by atoms with Crippen LogP contribution in [0.3, 0.4) is 0 Å². The molecule has 0 aliphatic carbocycles. The van der Waals surface area contributed by atoms with Crippen LogP contribution < -0.4 is 10.6 Å². The maximum Gasteiger partial charge on any atom is 0.256 e. The molecule has 2 N–H and O–H groups in total. The molecule has 1 unspecified atom stereocenters. The van der Waals surface area contributed by atoms with Gasteiger partial charge >= 0.3 is 0 Å². The number of nitrogens with zero attached hydrogens (tertiary/aromatic N) is 1. The van der Waals surface area contributed by atoms with E-state index in [0.29, 0.717) is 30.5 Å². The normalized spacial score (nSPS) is 18.9. The molecule has 6 nitrogen and oxygen atoms in total. The molecule has 30 heavy (non-hydrogen) atoms. The standard InChI is InChI=1S/C24H23N3O3/c1-3-24(13-12-21(28)27-23(24)30)16-8-10-17(11-9-16)26-22(29)19-14-15(2)25-20-7-5-4-6-18(19)20/h4-11,14H,3,12-13H2,1-2H3,(H,26,29)(H,27,28,30). The van der Waals surface area contributed by atoms with Gasteiger partial charge in [-0.3, -0.25) is 24.7 Å². The van der Waals surface area contributed by atoms with E-state index in [1.165, 1.54) is 0 Å². The molecule has 1 aromatic heterocycles. The van der Waals surface area contributed by atoms with Gasteiger partial charge in [-0.15, -0.1) is 0 Å². The first-order chi connectivity index (χ1) is 14.4. The highest BCUT2D eigenvalue weighted by molar-refractivity contribution is 6.12. The molecule has 2 aromatic carbocycles. The van der Waals surface area contributed by atoms with Gasteiger partial charge in [0.25, 0.3) is 5.91 Å². The minimum atomic E-state index is -0.713. The number of carbonyl (C=O) groups is 3. The molecule has 1 fully saturated rings. The van der Waals surface area contributed by atoms with Crippen LogP contribution in [0.4, 0.5) is 5.69 Å². The highest BCUT2D eigenvalue weighted by Gasteiger charge is 2.42. The van der Waals surface area contributed by atoms with Crippen LogP contribution in [0.1, 0.15) is 47.8 Å². The molecule has 1 saturated heterocycles. The summed E-state index contributed by atoms with van der Waals surface area (Å²) in [6.45, 7) is 3.81. The van der Waals surface area contributed by atoms with Crippen molar-refractivity contribution in [2.45, 2.75) is 38.5 Å². The number of pyridine rings is 1. The fraction of sp³-hybridized carbons (Fsp3) is 0.250. The van der Waals surface area contributed by atoms with Gasteiger partial charge in [0.2, 0.25) is 11.8 Å². The van der Waals surface area contributed by atoms with E-state index in [0.717, 1.165) is 22.2 Å². The zero-order valence-electron chi connectivity index (χ0n) is 17.0. The summed E-state index contributed by atoms with van der Waals surface area (Å²) in [7, 11) is 0. The molecule has 0 radical (unpaired) electrons. The Morgan fingerprint density at radius 3 is 2.57 bits per heavy atom. The first-order valence-corrected chi connectivity index (χ1v) is 10.1. The number of hydrogen-bond acceptors (Lipinski definition) is 4. The summed E-state index contributed by atoms with van der Waals surface area (Å²) in [5, 5.41) is 6.19. The van der Waals surface area contributed by atoms with Gasteiger partial charge < -0.3 is 5.32 Å². The molecule has 4 rings (SSSR count). The summed E-state index contributed by atoms with van der Waals surface area (Å²) in [6, 6.07) is 16.6. The van der Waals surface area contributed by atoms with E-state index in [1.54, 1.807) is 18.2 Å². The molecular weight excluding hydrogens is 378 g/mol. The van der Waals surface area contributed by atoms with E-state index in [2.05, 4.69) is 15.6 Å². The highest BCUT2D eigenvalue weighted by Crippen LogP contribution is 2.36. The summed E-state index contributed by atoms with van der Waals surface area (Å²) in [5.74, 6) is -0.694. The summed E-state index contributed by atoms with van der Waals surface area (Å²) < 4.78 is 0. The SMILES string of the molecule is CCC1(c2ccc(NC(=O)c3cc(C)nc4ccccc34)cc2)CCC(=O)NC1=O. The van der Waals surface area contributed by atoms with Crippen molar-refractivity contribution in [3.8, 4) is 0 Å². The van der Waals surface area contributed by atoms with Gasteiger partial charge in [0.15, 0.2) is 0 Å². The van der Waals surface area contributed by atoms with Crippen LogP contribution in [0, 0.1) is 6.92 Å². The maximum atomic E-state index is 12.9. The second kappa shape index (κ2) is 7.71. The van der Waals surface area contributed by atoms with Crippen molar-refractivity contribution in [2.24, 2.45) is 0 Å². The van der Waals surface area contributed by atoms with Gasteiger partial charge in [0.05, 0.1) is 16.5 Å². The van der Waals surface area contributed by atoms with Gasteiger partial charge in [0.1, 0.15) is 0 Å². The van der Waals surface area contributed by atoms with E-state index < -0.39 is 5.41 Å². The molecule has 152 valence electrons. The van der Waals surface area contributed by atoms with Gasteiger partial charge in [-0.1, -0.05) is 37.3 Å². The highest BCUT2D eigenvalue weighted by atomic mass is 16.2. The number of aryl methyl sites for hydroxylation is 1. The lowest BCUT2D eigenvalue weighted by Gasteiger charge is -2.35. The minimum Gasteiger partial charge on any atom is -0.322 e. The molecule has 0 spiro atoms. The Bertz CT molecular complexity index is 1150. The number of benzene rings is 2. The third-order valence-electron chi connectivity index (χ3n) is 5.85. The number of amides is 3. The van der Waals surface area contributed by atoms with E-state index in [1.807, 2.05) is 50.2 Å². The summed E-state index contributed by atoms with van der Waals surface area (Å²) >= 11 is 0. The van der Waals surface area contributed by atoms with Crippen LogP contribution in [0.2, 0.25) is 0 Å². The molecule has 0 saturated carbocycles. The Hall–Kier alpha value is -3.54. The number of aromatic nitrogens is 1. The Kier molecular flexibility index (Phi) is 5.08. The first-order valence-electron chi connectivity index (χ1n) is 10.1. The Morgan fingerprint density at radius 1 is 1.13 bits per heavy atom. The number of hydrogen-bond donors (Lipinski definition) is 2. The average Bonchev–Trinajstić information content (AvgIpc) is 2.74. The molecule has 2 heterocycles. The van der Waals surface area contributed by atoms with Gasteiger partial charge in [-0.2, -0.15) is 0 Å². The Labute approximate surface area is 174 Å². The number of fused-ring (bicyclic) bond motifs is 1. The van der Waals surface area contributed by atoms with Gasteiger partial charge in [0, 0.05) is 23.2 Å². The van der Waals surface area contributed by atoms with Crippen molar-refractivity contribution in [1.29, 1.82) is 0 Å². The largest absolute Gasteiger partial charge is 0.322 e. The van der Waals surface area contributed by atoms with Crippen LogP contribution in [0.25, 0.3) is 10.9 Å². The van der Waals surface area contributed by atoms with E-state index in [4.69, 9.17) is 0 Å². The summed E-state index contributed by atoms with van der Waals surface area (Å²) in [4.78, 5) is 41.5. The number of rotatable bonds is 4. The molecule has 3 amide bonds. The monoisotopic (exact) mass is 401 g/mol. The van der Waals surface area contributed by atoms with Crippen LogP contribution >= 0.6 is 0 Å². The average molecular weight is 401 g/mol. The van der Waals surface area contributed by atoms with Crippen molar-refractivity contribution >= 4 is 34.3 Å². The molecule has 1 atom stereocenters. The van der Waals surface area contributed by atoms with Crippen LogP contribution in [0.5, 0.6) is 0 Å². The van der Waals surface area contributed by atoms with Gasteiger partial charge in [-0.25, -0.2) is 0 Å². The topological polar surface area (TPSA) is 88.2 Å². The molecule has 0 bridgehead atoms. The molecular formula is C24H23N3O3. The van der Waals surface area contributed by atoms with Crippen molar-refractivity contribution in [2.75, 3.05) is 5.32 Å². The third kappa shape index (κ3) is 3.45. The van der Waals surface area contributed by atoms with Crippen molar-refractivity contribution in [3.05, 3.63) is 71.4 Å². The van der Waals surface area contributed by atoms with Crippen LogP contribution in [-0.4, -0.2) is 22.7 Å². The zero-order valence-corrected chi connectivity index (χ0v) is 17.0. The number of anilines is 1. The van der Waals surface area contributed by atoms with Crippen LogP contribution in [-0.2, 0) is 15.0 Å². The number of carbonyl (C=O) groups excluding carboxylic acids is 3. The quantitative estimate of drug-likeness (QED) is 0.650. The van der Waals surface area contributed by atoms with Crippen molar-refractivity contribution < 1.29 is 14.4 Å². The zero-order chi connectivity index (χ0) is 21.3. The minimum absolute atomic E-state index is 0.212. The van der Waals surface area contributed by atoms with Gasteiger partial charge in [-0.05, 0) is 49.6 Å². The van der Waals surface area contributed by atoms with Crippen molar-refractivity contribution in [1.82, 2.24) is 10.3 Å². The van der Waals surface area contributed by atoms with Crippen molar-refractivity contribution in [3.63, 3.8) is 0 Å². The lowest BCUT2D eigenvalue weighted by molar-refractivity contribution is -0.138. The second-order valence-corrected chi connectivity index (χ2v) is 7.67. The summed E-state index contributed by atoms with van der Waals surface area (Å²) in [5.41, 5.74) is 2.89. The molecule has 6 heteroatoms. The predicted octanol–water partition coefficient (Wildman–Crippen LogP) is 3.88. The Balaban J connectivity index is 1.59. The van der Waals surface area contributed by atoms with E-state index in [9.17, 15) is 14.4 Å². The van der Waals surface area contributed by atoms with E-state index >= 15 is 0 Å². The summed E-state index contributed by atoms with van der Waals surface area (Å²) in [6.07, 6.45) is 1.41. The fourth-order valence-electron chi connectivity index (χ4n) is 4.13.